The summed E-state index contributed by atoms with van der Waals surface area (Å²) in [6, 6.07) is 16.5. The lowest BCUT2D eigenvalue weighted by Gasteiger charge is -2.39. The van der Waals surface area contributed by atoms with E-state index in [4.69, 9.17) is 4.74 Å². The van der Waals surface area contributed by atoms with Gasteiger partial charge in [0, 0.05) is 26.2 Å². The normalized spacial score (nSPS) is 22.8. The number of hydrogen-bond acceptors (Lipinski definition) is 4. The quantitative estimate of drug-likeness (QED) is 0.591. The largest absolute Gasteiger partial charge is 0.452 e. The van der Waals surface area contributed by atoms with E-state index in [1.807, 2.05) is 35.2 Å². The molecular formula is C28H34N2O4. The van der Waals surface area contributed by atoms with Crippen LogP contribution in [0.15, 0.2) is 54.6 Å². The Morgan fingerprint density at radius 1 is 0.971 bits per heavy atom. The SMILES string of the molecule is CN(Cc1ccccc1)C(=O)c1ccccc1C(=O)OCC(=O)N1C[C@@]2(C)C[C@H]1CC(C)(C)C2. The van der Waals surface area contributed by atoms with Crippen LogP contribution in [-0.4, -0.2) is 53.8 Å². The monoisotopic (exact) mass is 462 g/mol. The Balaban J connectivity index is 1.40. The van der Waals surface area contributed by atoms with Gasteiger partial charge in [0.05, 0.1) is 11.1 Å². The van der Waals surface area contributed by atoms with Crippen molar-refractivity contribution >= 4 is 17.8 Å². The lowest BCUT2D eigenvalue weighted by Crippen LogP contribution is -2.40. The minimum atomic E-state index is -0.654. The van der Waals surface area contributed by atoms with E-state index in [9.17, 15) is 14.4 Å². The summed E-state index contributed by atoms with van der Waals surface area (Å²) < 4.78 is 5.42. The highest BCUT2D eigenvalue weighted by atomic mass is 16.5. The third-order valence-electron chi connectivity index (χ3n) is 7.05. The Bertz CT molecular complexity index is 1080. The molecule has 2 amide bonds. The lowest BCUT2D eigenvalue weighted by atomic mass is 9.65. The Kier molecular flexibility index (Phi) is 6.52. The topological polar surface area (TPSA) is 66.9 Å². The maximum Gasteiger partial charge on any atom is 0.339 e. The van der Waals surface area contributed by atoms with Gasteiger partial charge in [-0.1, -0.05) is 63.2 Å². The fourth-order valence-corrected chi connectivity index (χ4v) is 6.02. The van der Waals surface area contributed by atoms with E-state index in [1.165, 1.54) is 0 Å². The summed E-state index contributed by atoms with van der Waals surface area (Å²) >= 11 is 0. The summed E-state index contributed by atoms with van der Waals surface area (Å²) in [5.74, 6) is -1.09. The molecule has 0 radical (unpaired) electrons. The minimum absolute atomic E-state index is 0.119. The van der Waals surface area contributed by atoms with E-state index in [0.29, 0.717) is 13.1 Å². The zero-order valence-corrected chi connectivity index (χ0v) is 20.5. The fraction of sp³-hybridized carbons (Fsp3) is 0.464. The molecule has 1 aliphatic carbocycles. The van der Waals surface area contributed by atoms with Crippen LogP contribution >= 0.6 is 0 Å². The summed E-state index contributed by atoms with van der Waals surface area (Å²) in [7, 11) is 1.70. The molecule has 1 saturated heterocycles. The van der Waals surface area contributed by atoms with Gasteiger partial charge in [-0.05, 0) is 47.8 Å². The molecule has 2 aliphatic rings. The molecular weight excluding hydrogens is 428 g/mol. The first-order chi connectivity index (χ1) is 16.1. The number of hydrogen-bond donors (Lipinski definition) is 0. The second-order valence-corrected chi connectivity index (χ2v) is 11.0. The summed E-state index contributed by atoms with van der Waals surface area (Å²) in [6.45, 7) is 7.58. The molecule has 2 bridgehead atoms. The lowest BCUT2D eigenvalue weighted by molar-refractivity contribution is -0.135. The van der Waals surface area contributed by atoms with Gasteiger partial charge in [0.1, 0.15) is 0 Å². The van der Waals surface area contributed by atoms with Gasteiger partial charge in [0.25, 0.3) is 11.8 Å². The van der Waals surface area contributed by atoms with Gasteiger partial charge >= 0.3 is 5.97 Å². The molecule has 0 spiro atoms. The smallest absolute Gasteiger partial charge is 0.339 e. The number of esters is 1. The molecule has 1 heterocycles. The molecule has 2 aromatic rings. The Labute approximate surface area is 201 Å². The molecule has 1 aliphatic heterocycles. The Hall–Kier alpha value is -3.15. The van der Waals surface area contributed by atoms with Gasteiger partial charge in [-0.3, -0.25) is 9.59 Å². The first-order valence-corrected chi connectivity index (χ1v) is 11.9. The maximum atomic E-state index is 13.1. The fourth-order valence-electron chi connectivity index (χ4n) is 6.02. The molecule has 180 valence electrons. The zero-order chi connectivity index (χ0) is 24.5. The van der Waals surface area contributed by atoms with Crippen molar-refractivity contribution in [3.63, 3.8) is 0 Å². The second-order valence-electron chi connectivity index (χ2n) is 11.0. The summed E-state index contributed by atoms with van der Waals surface area (Å²) in [4.78, 5) is 42.4. The number of ether oxygens (including phenoxy) is 1. The van der Waals surface area contributed by atoms with Crippen molar-refractivity contribution in [1.82, 2.24) is 9.80 Å². The van der Waals surface area contributed by atoms with Gasteiger partial charge in [-0.2, -0.15) is 0 Å². The molecule has 2 aromatic carbocycles. The summed E-state index contributed by atoms with van der Waals surface area (Å²) in [6.07, 6.45) is 3.06. The van der Waals surface area contributed by atoms with E-state index < -0.39 is 5.97 Å². The molecule has 1 saturated carbocycles. The first-order valence-electron chi connectivity index (χ1n) is 11.9. The number of amides is 2. The molecule has 0 N–H and O–H groups in total. The number of likely N-dealkylation sites (tertiary alicyclic amines) is 1. The molecule has 6 nitrogen and oxygen atoms in total. The highest BCUT2D eigenvalue weighted by molar-refractivity contribution is 6.05. The predicted molar refractivity (Wildman–Crippen MR) is 130 cm³/mol. The van der Waals surface area contributed by atoms with Crippen molar-refractivity contribution in [2.45, 2.75) is 52.6 Å². The van der Waals surface area contributed by atoms with E-state index in [-0.39, 0.29) is 46.4 Å². The van der Waals surface area contributed by atoms with Crippen molar-refractivity contribution in [2.24, 2.45) is 10.8 Å². The van der Waals surface area contributed by atoms with E-state index in [2.05, 4.69) is 20.8 Å². The number of carbonyl (C=O) groups is 3. The van der Waals surface area contributed by atoms with E-state index in [1.54, 1.807) is 36.2 Å². The molecule has 2 atom stereocenters. The van der Waals surface area contributed by atoms with Crippen LogP contribution in [0.2, 0.25) is 0 Å². The molecule has 4 rings (SSSR count). The number of rotatable bonds is 6. The van der Waals surface area contributed by atoms with Crippen LogP contribution in [-0.2, 0) is 16.1 Å². The van der Waals surface area contributed by atoms with Gasteiger partial charge < -0.3 is 14.5 Å². The number of nitrogens with zero attached hydrogens (tertiary/aromatic N) is 2. The van der Waals surface area contributed by atoms with Gasteiger partial charge in [-0.15, -0.1) is 0 Å². The third kappa shape index (κ3) is 5.16. The maximum absolute atomic E-state index is 13.1. The van der Waals surface area contributed by atoms with Crippen LogP contribution in [0.3, 0.4) is 0 Å². The van der Waals surface area contributed by atoms with Crippen LogP contribution in [0.1, 0.15) is 66.3 Å². The highest BCUT2D eigenvalue weighted by Crippen LogP contribution is 2.52. The molecule has 6 heteroatoms. The van der Waals surface area contributed by atoms with Crippen LogP contribution < -0.4 is 0 Å². The minimum Gasteiger partial charge on any atom is -0.452 e. The van der Waals surface area contributed by atoms with Crippen molar-refractivity contribution < 1.29 is 19.1 Å². The number of benzene rings is 2. The second kappa shape index (κ2) is 9.24. The predicted octanol–water partition coefficient (Wildman–Crippen LogP) is 4.54. The van der Waals surface area contributed by atoms with Crippen molar-refractivity contribution in [3.05, 3.63) is 71.3 Å². The summed E-state index contributed by atoms with van der Waals surface area (Å²) in [5.41, 5.74) is 1.76. The van der Waals surface area contributed by atoms with Gasteiger partial charge in [0.15, 0.2) is 6.61 Å². The Morgan fingerprint density at radius 2 is 1.62 bits per heavy atom. The summed E-state index contributed by atoms with van der Waals surface area (Å²) in [5, 5.41) is 0. The van der Waals surface area contributed by atoms with Crippen LogP contribution in [0.4, 0.5) is 0 Å². The van der Waals surface area contributed by atoms with Crippen LogP contribution in [0, 0.1) is 10.8 Å². The van der Waals surface area contributed by atoms with E-state index >= 15 is 0 Å². The average Bonchev–Trinajstić information content (AvgIpc) is 3.05. The van der Waals surface area contributed by atoms with Gasteiger partial charge in [0.2, 0.25) is 0 Å². The number of carbonyl (C=O) groups excluding carboxylic acids is 3. The van der Waals surface area contributed by atoms with Crippen molar-refractivity contribution in [1.29, 1.82) is 0 Å². The highest BCUT2D eigenvalue weighted by Gasteiger charge is 2.50. The van der Waals surface area contributed by atoms with Crippen LogP contribution in [0.25, 0.3) is 0 Å². The standard InChI is InChI=1S/C28H34N2O4/c1-27(2)14-21-15-28(3,18-27)19-30(21)24(31)17-34-26(33)23-13-9-8-12-22(23)25(32)29(4)16-20-10-6-5-7-11-20/h5-13,21H,14-19H2,1-4H3/t21-,28+/m1/s1. The molecule has 0 unspecified atom stereocenters. The molecule has 2 fully saturated rings. The third-order valence-corrected chi connectivity index (χ3v) is 7.05. The Morgan fingerprint density at radius 3 is 2.32 bits per heavy atom. The number of fused-ring (bicyclic) bond motifs is 2. The van der Waals surface area contributed by atoms with E-state index in [0.717, 1.165) is 24.8 Å². The van der Waals surface area contributed by atoms with Crippen molar-refractivity contribution in [2.75, 3.05) is 20.2 Å². The molecule has 0 aromatic heterocycles. The molecule has 34 heavy (non-hydrogen) atoms. The van der Waals surface area contributed by atoms with Gasteiger partial charge in [-0.25, -0.2) is 4.79 Å². The first kappa shape index (κ1) is 24.0. The van der Waals surface area contributed by atoms with Crippen LogP contribution in [0.5, 0.6) is 0 Å². The average molecular weight is 463 g/mol. The zero-order valence-electron chi connectivity index (χ0n) is 20.5. The van der Waals surface area contributed by atoms with Crippen molar-refractivity contribution in [3.8, 4) is 0 Å².